The maximum absolute atomic E-state index is 12.7. The van der Waals surface area contributed by atoms with Gasteiger partial charge in [-0.25, -0.2) is 8.78 Å². The van der Waals surface area contributed by atoms with Crippen LogP contribution in [0.1, 0.15) is 22.3 Å². The average Bonchev–Trinajstić information content (AvgIpc) is 2.28. The lowest BCUT2D eigenvalue weighted by molar-refractivity contribution is 0.0976. The molecule has 1 aromatic rings. The Labute approximate surface area is 92.4 Å². The third kappa shape index (κ3) is 2.55. The highest BCUT2D eigenvalue weighted by Crippen LogP contribution is 2.29. The van der Waals surface area contributed by atoms with Crippen LogP contribution in [0.25, 0.3) is 0 Å². The summed E-state index contributed by atoms with van der Waals surface area (Å²) in [6.45, 7) is 0.0000926. The number of carbonyl (C=O) groups excluding carboxylic acids is 1. The number of alkyl halides is 2. The molecule has 0 aromatic heterocycles. The Hall–Kier alpha value is -1.49. The SMILES string of the molecule is CNCC(=O)c1c(OC)cccc1C(F)F. The number of rotatable bonds is 5. The molecule has 0 aliphatic rings. The van der Waals surface area contributed by atoms with Crippen molar-refractivity contribution >= 4 is 5.78 Å². The Bertz CT molecular complexity index is 380. The van der Waals surface area contributed by atoms with Crippen molar-refractivity contribution in [2.75, 3.05) is 20.7 Å². The summed E-state index contributed by atoms with van der Waals surface area (Å²) in [5.74, 6) is -0.228. The number of likely N-dealkylation sites (N-methyl/N-ethyl adjacent to an activating group) is 1. The van der Waals surface area contributed by atoms with Gasteiger partial charge in [0, 0.05) is 5.56 Å². The number of methoxy groups -OCH3 is 1. The largest absolute Gasteiger partial charge is 0.496 e. The summed E-state index contributed by atoms with van der Waals surface area (Å²) in [5.41, 5.74) is -0.339. The lowest BCUT2D eigenvalue weighted by Crippen LogP contribution is -2.20. The number of Topliss-reactive ketones (excluding diaryl/α,β-unsaturated/α-hetero) is 1. The molecule has 0 saturated heterocycles. The van der Waals surface area contributed by atoms with E-state index in [0.717, 1.165) is 0 Å². The van der Waals surface area contributed by atoms with Gasteiger partial charge in [-0.05, 0) is 13.1 Å². The fourth-order valence-corrected chi connectivity index (χ4v) is 1.45. The number of ether oxygens (including phenoxy) is 1. The second-order valence-electron chi connectivity index (χ2n) is 3.18. The first-order valence-corrected chi connectivity index (χ1v) is 4.74. The van der Waals surface area contributed by atoms with Crippen LogP contribution in [-0.2, 0) is 0 Å². The second-order valence-corrected chi connectivity index (χ2v) is 3.18. The van der Waals surface area contributed by atoms with Crippen molar-refractivity contribution in [3.63, 3.8) is 0 Å². The van der Waals surface area contributed by atoms with Crippen LogP contribution in [0, 0.1) is 0 Å². The van der Waals surface area contributed by atoms with Crippen molar-refractivity contribution in [3.8, 4) is 5.75 Å². The lowest BCUT2D eigenvalue weighted by atomic mass is 10.0. The Morgan fingerprint density at radius 2 is 2.19 bits per heavy atom. The first-order valence-electron chi connectivity index (χ1n) is 4.74. The van der Waals surface area contributed by atoms with Crippen LogP contribution in [0.3, 0.4) is 0 Å². The summed E-state index contributed by atoms with van der Waals surface area (Å²) in [6, 6.07) is 4.17. The Balaban J connectivity index is 3.24. The summed E-state index contributed by atoms with van der Waals surface area (Å²) in [4.78, 5) is 11.7. The van der Waals surface area contributed by atoms with Gasteiger partial charge in [-0.1, -0.05) is 12.1 Å². The Kier molecular flexibility index (Phi) is 4.37. The second kappa shape index (κ2) is 5.55. The minimum absolute atomic E-state index is 0.0000926. The zero-order valence-electron chi connectivity index (χ0n) is 9.09. The summed E-state index contributed by atoms with van der Waals surface area (Å²) in [6.07, 6.45) is -2.69. The van der Waals surface area contributed by atoms with Gasteiger partial charge < -0.3 is 10.1 Å². The van der Waals surface area contributed by atoms with Crippen molar-refractivity contribution in [1.29, 1.82) is 0 Å². The summed E-state index contributed by atoms with van der Waals surface area (Å²) < 4.78 is 30.4. The molecule has 5 heteroatoms. The molecule has 0 aliphatic heterocycles. The van der Waals surface area contributed by atoms with E-state index in [9.17, 15) is 13.6 Å². The van der Waals surface area contributed by atoms with E-state index in [1.165, 1.54) is 25.3 Å². The van der Waals surface area contributed by atoms with Crippen molar-refractivity contribution < 1.29 is 18.3 Å². The smallest absolute Gasteiger partial charge is 0.264 e. The third-order valence-electron chi connectivity index (χ3n) is 2.13. The molecule has 0 fully saturated rings. The number of hydrogen-bond acceptors (Lipinski definition) is 3. The van der Waals surface area contributed by atoms with Crippen molar-refractivity contribution in [3.05, 3.63) is 29.3 Å². The fourth-order valence-electron chi connectivity index (χ4n) is 1.45. The molecule has 0 bridgehead atoms. The van der Waals surface area contributed by atoms with Gasteiger partial charge >= 0.3 is 0 Å². The van der Waals surface area contributed by atoms with Crippen LogP contribution in [0.4, 0.5) is 8.78 Å². The average molecular weight is 229 g/mol. The number of benzene rings is 1. The molecule has 0 saturated carbocycles. The minimum atomic E-state index is -2.69. The molecule has 0 unspecified atom stereocenters. The van der Waals surface area contributed by atoms with E-state index in [-0.39, 0.29) is 23.4 Å². The molecule has 16 heavy (non-hydrogen) atoms. The normalized spacial score (nSPS) is 10.6. The van der Waals surface area contributed by atoms with Gasteiger partial charge in [0.1, 0.15) is 5.75 Å². The molecule has 0 heterocycles. The molecular formula is C11H13F2NO2. The first kappa shape index (κ1) is 12.6. The quantitative estimate of drug-likeness (QED) is 0.785. The maximum atomic E-state index is 12.7. The van der Waals surface area contributed by atoms with Gasteiger partial charge in [0.2, 0.25) is 0 Å². The highest BCUT2D eigenvalue weighted by Gasteiger charge is 2.21. The minimum Gasteiger partial charge on any atom is -0.496 e. The first-order chi connectivity index (χ1) is 7.61. The number of ketones is 1. The third-order valence-corrected chi connectivity index (χ3v) is 2.13. The zero-order chi connectivity index (χ0) is 12.1. The molecule has 1 aromatic carbocycles. The summed E-state index contributed by atoms with van der Waals surface area (Å²) >= 11 is 0. The standard InChI is InChI=1S/C11H13F2NO2/c1-14-6-8(15)10-7(11(12)13)4-3-5-9(10)16-2/h3-5,11,14H,6H2,1-2H3. The van der Waals surface area contributed by atoms with Crippen LogP contribution >= 0.6 is 0 Å². The predicted molar refractivity (Wildman–Crippen MR) is 56.2 cm³/mol. The number of hydrogen-bond donors (Lipinski definition) is 1. The van der Waals surface area contributed by atoms with Crippen LogP contribution < -0.4 is 10.1 Å². The molecular weight excluding hydrogens is 216 g/mol. The molecule has 0 atom stereocenters. The highest BCUT2D eigenvalue weighted by molar-refractivity contribution is 6.01. The lowest BCUT2D eigenvalue weighted by Gasteiger charge is -2.12. The predicted octanol–water partition coefficient (Wildman–Crippen LogP) is 2.03. The molecule has 1 N–H and O–H groups in total. The molecule has 0 aliphatic carbocycles. The van der Waals surface area contributed by atoms with Crippen LogP contribution in [0.15, 0.2) is 18.2 Å². The summed E-state index contributed by atoms with van der Waals surface area (Å²) in [5, 5.41) is 2.63. The van der Waals surface area contributed by atoms with E-state index in [1.807, 2.05) is 0 Å². The fraction of sp³-hybridized carbons (Fsp3) is 0.364. The zero-order valence-corrected chi connectivity index (χ0v) is 9.09. The van der Waals surface area contributed by atoms with E-state index < -0.39 is 12.2 Å². The van der Waals surface area contributed by atoms with E-state index in [0.29, 0.717) is 0 Å². The van der Waals surface area contributed by atoms with E-state index >= 15 is 0 Å². The molecule has 0 spiro atoms. The van der Waals surface area contributed by atoms with E-state index in [2.05, 4.69) is 5.32 Å². The van der Waals surface area contributed by atoms with Crippen molar-refractivity contribution in [2.24, 2.45) is 0 Å². The van der Waals surface area contributed by atoms with E-state index in [4.69, 9.17) is 4.74 Å². The van der Waals surface area contributed by atoms with Gasteiger partial charge in [-0.2, -0.15) is 0 Å². The van der Waals surface area contributed by atoms with Gasteiger partial charge in [0.05, 0.1) is 19.2 Å². The van der Waals surface area contributed by atoms with Crippen LogP contribution in [0.2, 0.25) is 0 Å². The monoisotopic (exact) mass is 229 g/mol. The maximum Gasteiger partial charge on any atom is 0.264 e. The van der Waals surface area contributed by atoms with Crippen LogP contribution in [0.5, 0.6) is 5.75 Å². The molecule has 3 nitrogen and oxygen atoms in total. The molecule has 0 radical (unpaired) electrons. The molecule has 1 rings (SSSR count). The van der Waals surface area contributed by atoms with Gasteiger partial charge in [0.25, 0.3) is 6.43 Å². The number of carbonyl (C=O) groups is 1. The Morgan fingerprint density at radius 1 is 1.50 bits per heavy atom. The van der Waals surface area contributed by atoms with Gasteiger partial charge in [-0.15, -0.1) is 0 Å². The number of nitrogens with one attached hydrogen (secondary N) is 1. The van der Waals surface area contributed by atoms with Gasteiger partial charge in [0.15, 0.2) is 5.78 Å². The Morgan fingerprint density at radius 3 is 2.69 bits per heavy atom. The number of halogens is 2. The van der Waals surface area contributed by atoms with Crippen molar-refractivity contribution in [2.45, 2.75) is 6.43 Å². The molecule has 0 amide bonds. The summed E-state index contributed by atoms with van der Waals surface area (Å²) in [7, 11) is 2.93. The van der Waals surface area contributed by atoms with E-state index in [1.54, 1.807) is 7.05 Å². The van der Waals surface area contributed by atoms with Gasteiger partial charge in [-0.3, -0.25) is 4.79 Å². The van der Waals surface area contributed by atoms with Crippen molar-refractivity contribution in [1.82, 2.24) is 5.32 Å². The highest BCUT2D eigenvalue weighted by atomic mass is 19.3. The topological polar surface area (TPSA) is 38.3 Å². The molecule has 88 valence electrons. The van der Waals surface area contributed by atoms with Crippen LogP contribution in [-0.4, -0.2) is 26.5 Å².